The van der Waals surface area contributed by atoms with Gasteiger partial charge in [0.2, 0.25) is 0 Å². The van der Waals surface area contributed by atoms with E-state index in [9.17, 15) is 4.39 Å². The van der Waals surface area contributed by atoms with Gasteiger partial charge in [0.05, 0.1) is 0 Å². The molecule has 12 heavy (non-hydrogen) atoms. The fourth-order valence-electron chi connectivity index (χ4n) is 0.854. The zero-order chi connectivity index (χ0) is 8.97. The van der Waals surface area contributed by atoms with Crippen LogP contribution in [0.15, 0.2) is 18.2 Å². The fraction of sp³-hybridized carbons (Fsp3) is 0.222. The van der Waals surface area contributed by atoms with Gasteiger partial charge < -0.3 is 4.74 Å². The van der Waals surface area contributed by atoms with Crippen LogP contribution in [0.3, 0.4) is 0 Å². The summed E-state index contributed by atoms with van der Waals surface area (Å²) >= 11 is 0. The molecule has 0 aliphatic heterocycles. The standard InChI is InChI=1S/C9H8FNO/c1-7-8(10)3-2-4-9(7)12-6-5-11/h2-4H,6H2,1H3. The van der Waals surface area contributed by atoms with E-state index in [4.69, 9.17) is 10.00 Å². The van der Waals surface area contributed by atoms with E-state index in [0.29, 0.717) is 11.3 Å². The van der Waals surface area contributed by atoms with E-state index in [2.05, 4.69) is 0 Å². The second-order valence-corrected chi connectivity index (χ2v) is 2.31. The molecule has 0 heterocycles. The summed E-state index contributed by atoms with van der Waals surface area (Å²) in [6.45, 7) is 1.56. The molecule has 0 saturated carbocycles. The van der Waals surface area contributed by atoms with Crippen LogP contribution in [0.2, 0.25) is 0 Å². The van der Waals surface area contributed by atoms with E-state index in [-0.39, 0.29) is 12.4 Å². The number of benzene rings is 1. The first-order valence-electron chi connectivity index (χ1n) is 3.50. The van der Waals surface area contributed by atoms with Gasteiger partial charge in [0.1, 0.15) is 17.6 Å². The number of hydrogen-bond donors (Lipinski definition) is 0. The smallest absolute Gasteiger partial charge is 0.174 e. The molecule has 0 bridgehead atoms. The Bertz CT molecular complexity index is 317. The largest absolute Gasteiger partial charge is 0.478 e. The molecule has 0 saturated heterocycles. The van der Waals surface area contributed by atoms with Gasteiger partial charge in [-0.15, -0.1) is 0 Å². The first-order valence-corrected chi connectivity index (χ1v) is 3.50. The van der Waals surface area contributed by atoms with Crippen molar-refractivity contribution < 1.29 is 9.13 Å². The lowest BCUT2D eigenvalue weighted by Gasteiger charge is -2.04. The zero-order valence-electron chi connectivity index (χ0n) is 6.67. The summed E-state index contributed by atoms with van der Waals surface area (Å²) in [5, 5.41) is 8.22. The van der Waals surface area contributed by atoms with Crippen LogP contribution in [0.4, 0.5) is 4.39 Å². The molecule has 1 aromatic carbocycles. The van der Waals surface area contributed by atoms with Crippen LogP contribution in [0.1, 0.15) is 5.56 Å². The van der Waals surface area contributed by atoms with Crippen LogP contribution in [0.25, 0.3) is 0 Å². The molecular weight excluding hydrogens is 157 g/mol. The molecular formula is C9H8FNO. The van der Waals surface area contributed by atoms with Crippen LogP contribution in [-0.4, -0.2) is 6.61 Å². The molecule has 1 rings (SSSR count). The van der Waals surface area contributed by atoms with Crippen LogP contribution < -0.4 is 4.74 Å². The van der Waals surface area contributed by atoms with Crippen molar-refractivity contribution in [2.75, 3.05) is 6.61 Å². The number of ether oxygens (including phenoxy) is 1. The van der Waals surface area contributed by atoms with Gasteiger partial charge in [-0.25, -0.2) is 4.39 Å². The highest BCUT2D eigenvalue weighted by Gasteiger charge is 2.02. The van der Waals surface area contributed by atoms with Crippen molar-refractivity contribution in [3.63, 3.8) is 0 Å². The van der Waals surface area contributed by atoms with Gasteiger partial charge in [0.25, 0.3) is 0 Å². The SMILES string of the molecule is Cc1c(F)cccc1OCC#N. The molecule has 3 heteroatoms. The van der Waals surface area contributed by atoms with Gasteiger partial charge in [0.15, 0.2) is 6.61 Å². The third-order valence-corrected chi connectivity index (χ3v) is 1.51. The minimum absolute atomic E-state index is 0.0513. The molecule has 1 aromatic rings. The summed E-state index contributed by atoms with van der Waals surface area (Å²) in [5.41, 5.74) is 0.438. The molecule has 0 atom stereocenters. The summed E-state index contributed by atoms with van der Waals surface area (Å²) in [7, 11) is 0. The normalized spacial score (nSPS) is 9.08. The second kappa shape index (κ2) is 3.72. The lowest BCUT2D eigenvalue weighted by Crippen LogP contribution is -1.96. The van der Waals surface area contributed by atoms with Crippen molar-refractivity contribution in [2.45, 2.75) is 6.92 Å². The zero-order valence-corrected chi connectivity index (χ0v) is 6.67. The summed E-state index contributed by atoms with van der Waals surface area (Å²) in [6.07, 6.45) is 0. The fourth-order valence-corrected chi connectivity index (χ4v) is 0.854. The maximum Gasteiger partial charge on any atom is 0.174 e. The van der Waals surface area contributed by atoms with E-state index >= 15 is 0 Å². The lowest BCUT2D eigenvalue weighted by atomic mass is 10.2. The summed E-state index contributed by atoms with van der Waals surface area (Å²) in [4.78, 5) is 0. The van der Waals surface area contributed by atoms with Gasteiger partial charge >= 0.3 is 0 Å². The van der Waals surface area contributed by atoms with Crippen LogP contribution in [0, 0.1) is 24.1 Å². The first-order chi connectivity index (χ1) is 5.75. The Morgan fingerprint density at radius 1 is 1.58 bits per heavy atom. The Labute approximate surface area is 70.2 Å². The molecule has 2 nitrogen and oxygen atoms in total. The maximum absolute atomic E-state index is 12.8. The van der Waals surface area contributed by atoms with Crippen molar-refractivity contribution in [3.8, 4) is 11.8 Å². The summed E-state index contributed by atoms with van der Waals surface area (Å²) in [5.74, 6) is 0.113. The number of hydrogen-bond acceptors (Lipinski definition) is 2. The van der Waals surface area contributed by atoms with Crippen molar-refractivity contribution >= 4 is 0 Å². The van der Waals surface area contributed by atoms with E-state index in [1.165, 1.54) is 6.07 Å². The minimum atomic E-state index is -0.314. The highest BCUT2D eigenvalue weighted by Crippen LogP contribution is 2.19. The van der Waals surface area contributed by atoms with Crippen molar-refractivity contribution in [3.05, 3.63) is 29.6 Å². The van der Waals surface area contributed by atoms with E-state index < -0.39 is 0 Å². The monoisotopic (exact) mass is 165 g/mol. The number of halogens is 1. The molecule has 0 aliphatic carbocycles. The average molecular weight is 165 g/mol. The van der Waals surface area contributed by atoms with Crippen molar-refractivity contribution in [2.24, 2.45) is 0 Å². The highest BCUT2D eigenvalue weighted by atomic mass is 19.1. The van der Waals surface area contributed by atoms with Gasteiger partial charge in [0, 0.05) is 5.56 Å². The molecule has 0 amide bonds. The molecule has 0 aliphatic rings. The first kappa shape index (κ1) is 8.54. The van der Waals surface area contributed by atoms with Crippen LogP contribution >= 0.6 is 0 Å². The lowest BCUT2D eigenvalue weighted by molar-refractivity contribution is 0.362. The molecule has 0 radical (unpaired) electrons. The Hall–Kier alpha value is -1.56. The second-order valence-electron chi connectivity index (χ2n) is 2.31. The molecule has 0 N–H and O–H groups in total. The van der Waals surface area contributed by atoms with E-state index in [1.54, 1.807) is 19.1 Å². The third-order valence-electron chi connectivity index (χ3n) is 1.51. The summed E-state index contributed by atoms with van der Waals surface area (Å²) < 4.78 is 17.8. The Balaban J connectivity index is 2.86. The van der Waals surface area contributed by atoms with Crippen molar-refractivity contribution in [1.29, 1.82) is 5.26 Å². The maximum atomic E-state index is 12.8. The Kier molecular flexibility index (Phi) is 2.65. The van der Waals surface area contributed by atoms with Crippen LogP contribution in [-0.2, 0) is 0 Å². The number of nitriles is 1. The average Bonchev–Trinajstić information content (AvgIpc) is 2.08. The van der Waals surface area contributed by atoms with Crippen LogP contribution in [0.5, 0.6) is 5.75 Å². The summed E-state index contributed by atoms with van der Waals surface area (Å²) in [6, 6.07) is 6.36. The molecule has 0 fully saturated rings. The molecule has 0 spiro atoms. The predicted molar refractivity (Wildman–Crippen MR) is 42.2 cm³/mol. The van der Waals surface area contributed by atoms with Gasteiger partial charge in [-0.2, -0.15) is 5.26 Å². The van der Waals surface area contributed by atoms with Gasteiger partial charge in [-0.05, 0) is 19.1 Å². The Morgan fingerprint density at radius 3 is 3.00 bits per heavy atom. The van der Waals surface area contributed by atoms with Gasteiger partial charge in [-0.1, -0.05) is 6.07 Å². The van der Waals surface area contributed by atoms with Gasteiger partial charge in [-0.3, -0.25) is 0 Å². The topological polar surface area (TPSA) is 33.0 Å². The van der Waals surface area contributed by atoms with Crippen molar-refractivity contribution in [1.82, 2.24) is 0 Å². The number of nitrogens with zero attached hydrogens (tertiary/aromatic N) is 1. The highest BCUT2D eigenvalue weighted by molar-refractivity contribution is 5.33. The molecule has 0 unspecified atom stereocenters. The van der Waals surface area contributed by atoms with E-state index in [1.807, 2.05) is 6.07 Å². The van der Waals surface area contributed by atoms with E-state index in [0.717, 1.165) is 0 Å². The predicted octanol–water partition coefficient (Wildman–Crippen LogP) is 2.04. The molecule has 62 valence electrons. The molecule has 0 aromatic heterocycles. The Morgan fingerprint density at radius 2 is 2.33 bits per heavy atom. The quantitative estimate of drug-likeness (QED) is 0.671. The minimum Gasteiger partial charge on any atom is -0.478 e. The third kappa shape index (κ3) is 1.73. The number of rotatable bonds is 2.